The molecule has 1 fully saturated rings. The van der Waals surface area contributed by atoms with E-state index in [9.17, 15) is 14.4 Å². The molecular formula is C16H20N2O6. The van der Waals surface area contributed by atoms with Crippen molar-refractivity contribution in [3.8, 4) is 0 Å². The maximum absolute atomic E-state index is 12.1. The van der Waals surface area contributed by atoms with E-state index in [2.05, 4.69) is 20.1 Å². The third-order valence-electron chi connectivity index (χ3n) is 3.48. The standard InChI is InChI=1S/C16H20N2O6/c1-22-15(20)10-5-11(16(21)23-2)7-12(6-10)18-14(19)8-13-9-17-3-4-24-13/h5-7,13,17H,3-4,8-9H2,1-2H3,(H,18,19). The molecule has 1 aromatic rings. The average Bonchev–Trinajstić information content (AvgIpc) is 2.60. The van der Waals surface area contributed by atoms with E-state index in [1.807, 2.05) is 0 Å². The lowest BCUT2D eigenvalue weighted by atomic mass is 10.1. The number of benzene rings is 1. The van der Waals surface area contributed by atoms with E-state index in [4.69, 9.17) is 4.74 Å². The van der Waals surface area contributed by atoms with E-state index in [-0.39, 0.29) is 29.6 Å². The number of anilines is 1. The van der Waals surface area contributed by atoms with Crippen molar-refractivity contribution >= 4 is 23.5 Å². The van der Waals surface area contributed by atoms with Crippen LogP contribution in [-0.2, 0) is 19.0 Å². The zero-order valence-corrected chi connectivity index (χ0v) is 13.6. The molecule has 8 heteroatoms. The number of nitrogens with one attached hydrogen (secondary N) is 2. The van der Waals surface area contributed by atoms with Crippen molar-refractivity contribution in [2.24, 2.45) is 0 Å². The smallest absolute Gasteiger partial charge is 0.337 e. The van der Waals surface area contributed by atoms with Crippen molar-refractivity contribution in [3.05, 3.63) is 29.3 Å². The summed E-state index contributed by atoms with van der Waals surface area (Å²) < 4.78 is 14.8. The zero-order chi connectivity index (χ0) is 17.5. The molecule has 0 aliphatic carbocycles. The first-order valence-corrected chi connectivity index (χ1v) is 7.47. The van der Waals surface area contributed by atoms with Gasteiger partial charge in [0, 0.05) is 18.8 Å². The minimum Gasteiger partial charge on any atom is -0.465 e. The molecule has 0 saturated carbocycles. The van der Waals surface area contributed by atoms with E-state index in [1.54, 1.807) is 0 Å². The topological polar surface area (TPSA) is 103 Å². The summed E-state index contributed by atoms with van der Waals surface area (Å²) in [5.74, 6) is -1.51. The number of rotatable bonds is 5. The molecule has 2 rings (SSSR count). The Morgan fingerprint density at radius 3 is 2.29 bits per heavy atom. The van der Waals surface area contributed by atoms with Gasteiger partial charge in [-0.25, -0.2) is 9.59 Å². The molecule has 0 bridgehead atoms. The second-order valence-electron chi connectivity index (χ2n) is 5.23. The first-order valence-electron chi connectivity index (χ1n) is 7.47. The van der Waals surface area contributed by atoms with Gasteiger partial charge in [-0.2, -0.15) is 0 Å². The lowest BCUT2D eigenvalue weighted by Gasteiger charge is -2.23. The molecule has 1 atom stereocenters. The van der Waals surface area contributed by atoms with Gasteiger partial charge in [0.05, 0.1) is 44.5 Å². The van der Waals surface area contributed by atoms with Gasteiger partial charge in [-0.05, 0) is 18.2 Å². The van der Waals surface area contributed by atoms with Gasteiger partial charge in [0.15, 0.2) is 0 Å². The highest BCUT2D eigenvalue weighted by Gasteiger charge is 2.19. The summed E-state index contributed by atoms with van der Waals surface area (Å²) in [6.07, 6.45) is -0.0363. The minimum atomic E-state index is -0.615. The fraction of sp³-hybridized carbons (Fsp3) is 0.438. The third-order valence-corrected chi connectivity index (χ3v) is 3.48. The van der Waals surface area contributed by atoms with Gasteiger partial charge in [0.2, 0.25) is 5.91 Å². The normalized spacial score (nSPS) is 17.0. The summed E-state index contributed by atoms with van der Waals surface area (Å²) in [6, 6.07) is 4.23. The van der Waals surface area contributed by atoms with Crippen LogP contribution in [0, 0.1) is 0 Å². The molecule has 8 nitrogen and oxygen atoms in total. The van der Waals surface area contributed by atoms with Gasteiger partial charge < -0.3 is 24.8 Å². The van der Waals surface area contributed by atoms with E-state index < -0.39 is 11.9 Å². The Bertz CT molecular complexity index is 591. The summed E-state index contributed by atoms with van der Waals surface area (Å²) in [5.41, 5.74) is 0.602. The van der Waals surface area contributed by atoms with E-state index in [1.165, 1.54) is 32.4 Å². The number of morpholine rings is 1. The Kier molecular flexibility index (Phi) is 6.28. The number of hydrogen-bond acceptors (Lipinski definition) is 7. The molecule has 24 heavy (non-hydrogen) atoms. The van der Waals surface area contributed by atoms with Gasteiger partial charge in [0.1, 0.15) is 0 Å². The van der Waals surface area contributed by atoms with Crippen molar-refractivity contribution in [1.29, 1.82) is 0 Å². The molecule has 1 aromatic carbocycles. The number of methoxy groups -OCH3 is 2. The number of carbonyl (C=O) groups excluding carboxylic acids is 3. The summed E-state index contributed by atoms with van der Waals surface area (Å²) in [7, 11) is 2.47. The minimum absolute atomic E-state index is 0.145. The molecule has 1 saturated heterocycles. The summed E-state index contributed by atoms with van der Waals surface area (Å²) in [5, 5.41) is 5.81. The van der Waals surface area contributed by atoms with E-state index in [0.717, 1.165) is 6.54 Å². The van der Waals surface area contributed by atoms with Gasteiger partial charge in [0.25, 0.3) is 0 Å². The molecule has 1 heterocycles. The Hall–Kier alpha value is -2.45. The molecule has 1 aliphatic heterocycles. The van der Waals surface area contributed by atoms with Gasteiger partial charge in [-0.15, -0.1) is 0 Å². The number of carbonyl (C=O) groups is 3. The molecule has 130 valence electrons. The van der Waals surface area contributed by atoms with Crippen molar-refractivity contribution in [1.82, 2.24) is 5.32 Å². The molecule has 2 N–H and O–H groups in total. The molecule has 0 spiro atoms. The van der Waals surface area contributed by atoms with Crippen LogP contribution in [0.2, 0.25) is 0 Å². The Labute approximate surface area is 139 Å². The van der Waals surface area contributed by atoms with Crippen LogP contribution in [-0.4, -0.2) is 57.9 Å². The van der Waals surface area contributed by atoms with Crippen LogP contribution in [0.5, 0.6) is 0 Å². The number of amides is 1. The molecule has 1 amide bonds. The van der Waals surface area contributed by atoms with Crippen LogP contribution in [0.3, 0.4) is 0 Å². The molecule has 0 aromatic heterocycles. The quantitative estimate of drug-likeness (QED) is 0.758. The lowest BCUT2D eigenvalue weighted by Crippen LogP contribution is -2.40. The molecule has 1 aliphatic rings. The highest BCUT2D eigenvalue weighted by Crippen LogP contribution is 2.18. The Morgan fingerprint density at radius 2 is 1.79 bits per heavy atom. The average molecular weight is 336 g/mol. The fourth-order valence-corrected chi connectivity index (χ4v) is 2.34. The van der Waals surface area contributed by atoms with Crippen molar-refractivity contribution < 1.29 is 28.6 Å². The van der Waals surface area contributed by atoms with E-state index in [0.29, 0.717) is 18.8 Å². The summed E-state index contributed by atoms with van der Waals surface area (Å²) in [4.78, 5) is 35.6. The molecule has 0 radical (unpaired) electrons. The van der Waals surface area contributed by atoms with Crippen LogP contribution in [0.15, 0.2) is 18.2 Å². The number of ether oxygens (including phenoxy) is 3. The molecular weight excluding hydrogens is 316 g/mol. The van der Waals surface area contributed by atoms with Gasteiger partial charge in [-0.1, -0.05) is 0 Å². The maximum Gasteiger partial charge on any atom is 0.337 e. The largest absolute Gasteiger partial charge is 0.465 e. The van der Waals surface area contributed by atoms with Crippen molar-refractivity contribution in [2.45, 2.75) is 12.5 Å². The lowest BCUT2D eigenvalue weighted by molar-refractivity contribution is -0.119. The molecule has 1 unspecified atom stereocenters. The highest BCUT2D eigenvalue weighted by molar-refractivity contribution is 5.99. The predicted octanol–water partition coefficient (Wildman–Crippen LogP) is 0.577. The number of hydrogen-bond donors (Lipinski definition) is 2. The zero-order valence-electron chi connectivity index (χ0n) is 13.6. The number of esters is 2. The Morgan fingerprint density at radius 1 is 1.17 bits per heavy atom. The van der Waals surface area contributed by atoms with Crippen LogP contribution in [0.4, 0.5) is 5.69 Å². The van der Waals surface area contributed by atoms with Crippen LogP contribution >= 0.6 is 0 Å². The predicted molar refractivity (Wildman–Crippen MR) is 85.0 cm³/mol. The second kappa shape index (κ2) is 8.42. The SMILES string of the molecule is COC(=O)c1cc(NC(=O)CC2CNCCO2)cc(C(=O)OC)c1. The van der Waals surface area contributed by atoms with Gasteiger partial charge >= 0.3 is 11.9 Å². The third kappa shape index (κ3) is 4.77. The summed E-state index contributed by atoms with van der Waals surface area (Å²) >= 11 is 0. The van der Waals surface area contributed by atoms with Crippen molar-refractivity contribution in [3.63, 3.8) is 0 Å². The second-order valence-corrected chi connectivity index (χ2v) is 5.23. The van der Waals surface area contributed by atoms with E-state index >= 15 is 0 Å². The maximum atomic E-state index is 12.1. The van der Waals surface area contributed by atoms with Crippen LogP contribution < -0.4 is 10.6 Å². The monoisotopic (exact) mass is 336 g/mol. The fourth-order valence-electron chi connectivity index (χ4n) is 2.34. The highest BCUT2D eigenvalue weighted by atomic mass is 16.5. The first kappa shape index (κ1) is 17.9. The first-order chi connectivity index (χ1) is 11.5. The summed E-state index contributed by atoms with van der Waals surface area (Å²) in [6.45, 7) is 1.92. The van der Waals surface area contributed by atoms with Crippen molar-refractivity contribution in [2.75, 3.05) is 39.2 Å². The van der Waals surface area contributed by atoms with Gasteiger partial charge in [-0.3, -0.25) is 4.79 Å². The van der Waals surface area contributed by atoms with Crippen LogP contribution in [0.25, 0.3) is 0 Å². The van der Waals surface area contributed by atoms with Crippen LogP contribution in [0.1, 0.15) is 27.1 Å². The Balaban J connectivity index is 2.13.